The second-order valence-electron chi connectivity index (χ2n) is 5.15. The summed E-state index contributed by atoms with van der Waals surface area (Å²) in [5.74, 6) is 0.870. The van der Waals surface area contributed by atoms with E-state index >= 15 is 0 Å². The third-order valence-electron chi connectivity index (χ3n) is 3.45. The second-order valence-corrected chi connectivity index (χ2v) is 5.15. The maximum absolute atomic E-state index is 5.33. The number of guanidine groups is 1. The van der Waals surface area contributed by atoms with E-state index in [1.54, 1.807) is 0 Å². The van der Waals surface area contributed by atoms with Crippen molar-refractivity contribution in [1.82, 2.24) is 10.6 Å². The standard InChI is InChI=1S/C18H32N4O.HI/c1-4-19-18(21-14-16-23-6-3)20-13-10-15-22(5-2)17-11-8-7-9-12-17;/h7-9,11-12H,4-6,10,13-16H2,1-3H3,(H2,19,20,21);1H. The molecule has 138 valence electrons. The van der Waals surface area contributed by atoms with Gasteiger partial charge in [-0.05, 0) is 39.3 Å². The highest BCUT2D eigenvalue weighted by Gasteiger charge is 2.03. The first kappa shape index (κ1) is 23.0. The molecule has 0 spiro atoms. The highest BCUT2D eigenvalue weighted by atomic mass is 127. The van der Waals surface area contributed by atoms with Crippen LogP contribution in [0.5, 0.6) is 0 Å². The molecule has 0 aliphatic heterocycles. The molecule has 0 unspecified atom stereocenters. The predicted molar refractivity (Wildman–Crippen MR) is 115 cm³/mol. The normalized spacial score (nSPS) is 10.9. The van der Waals surface area contributed by atoms with Crippen molar-refractivity contribution >= 4 is 35.6 Å². The zero-order valence-corrected chi connectivity index (χ0v) is 17.6. The smallest absolute Gasteiger partial charge is 0.191 e. The summed E-state index contributed by atoms with van der Waals surface area (Å²) in [7, 11) is 0. The van der Waals surface area contributed by atoms with Crippen LogP contribution in [0.25, 0.3) is 0 Å². The van der Waals surface area contributed by atoms with Gasteiger partial charge in [0.2, 0.25) is 0 Å². The summed E-state index contributed by atoms with van der Waals surface area (Å²) in [6.07, 6.45) is 1.03. The van der Waals surface area contributed by atoms with Crippen molar-refractivity contribution in [3.8, 4) is 0 Å². The summed E-state index contributed by atoms with van der Waals surface area (Å²) in [4.78, 5) is 7.00. The van der Waals surface area contributed by atoms with E-state index in [-0.39, 0.29) is 24.0 Å². The minimum absolute atomic E-state index is 0. The molecule has 0 saturated heterocycles. The number of anilines is 1. The third-order valence-corrected chi connectivity index (χ3v) is 3.45. The summed E-state index contributed by atoms with van der Waals surface area (Å²) >= 11 is 0. The van der Waals surface area contributed by atoms with Gasteiger partial charge in [0.05, 0.1) is 6.61 Å². The maximum Gasteiger partial charge on any atom is 0.191 e. The summed E-state index contributed by atoms with van der Waals surface area (Å²) in [6, 6.07) is 10.5. The number of hydrogen-bond acceptors (Lipinski definition) is 3. The lowest BCUT2D eigenvalue weighted by Crippen LogP contribution is -2.39. The molecule has 1 aromatic rings. The molecule has 2 N–H and O–H groups in total. The molecule has 24 heavy (non-hydrogen) atoms. The summed E-state index contributed by atoms with van der Waals surface area (Å²) in [6.45, 7) is 12.2. The Balaban J connectivity index is 0.00000529. The molecule has 0 heterocycles. The molecule has 0 atom stereocenters. The molecule has 0 radical (unpaired) electrons. The Morgan fingerprint density at radius 2 is 1.88 bits per heavy atom. The highest BCUT2D eigenvalue weighted by molar-refractivity contribution is 14.0. The van der Waals surface area contributed by atoms with Gasteiger partial charge >= 0.3 is 0 Å². The van der Waals surface area contributed by atoms with Crippen molar-refractivity contribution < 1.29 is 4.74 Å². The number of rotatable bonds is 11. The minimum Gasteiger partial charge on any atom is -0.380 e. The lowest BCUT2D eigenvalue weighted by atomic mass is 10.2. The Kier molecular flexibility index (Phi) is 14.8. The molecule has 0 aromatic heterocycles. The predicted octanol–water partition coefficient (Wildman–Crippen LogP) is 3.11. The van der Waals surface area contributed by atoms with Crippen LogP contribution in [0.1, 0.15) is 27.2 Å². The van der Waals surface area contributed by atoms with Crippen molar-refractivity contribution in [3.63, 3.8) is 0 Å². The van der Waals surface area contributed by atoms with Gasteiger partial charge in [0, 0.05) is 45.0 Å². The first-order valence-electron chi connectivity index (χ1n) is 8.71. The van der Waals surface area contributed by atoms with Crippen LogP contribution in [0.3, 0.4) is 0 Å². The molecule has 0 bridgehead atoms. The van der Waals surface area contributed by atoms with Crippen LogP contribution in [0.4, 0.5) is 5.69 Å². The summed E-state index contributed by atoms with van der Waals surface area (Å²) in [5.41, 5.74) is 1.28. The Morgan fingerprint density at radius 3 is 2.50 bits per heavy atom. The average molecular weight is 448 g/mol. The van der Waals surface area contributed by atoms with Crippen molar-refractivity contribution in [1.29, 1.82) is 0 Å². The molecular formula is C18H33IN4O. The van der Waals surface area contributed by atoms with Gasteiger partial charge in [-0.1, -0.05) is 18.2 Å². The topological polar surface area (TPSA) is 48.9 Å². The Hall–Kier alpha value is -1.02. The van der Waals surface area contributed by atoms with E-state index in [0.717, 1.165) is 51.7 Å². The largest absolute Gasteiger partial charge is 0.380 e. The van der Waals surface area contributed by atoms with Crippen LogP contribution in [-0.4, -0.2) is 51.9 Å². The number of benzene rings is 1. The van der Waals surface area contributed by atoms with E-state index in [1.165, 1.54) is 5.69 Å². The van der Waals surface area contributed by atoms with Crippen LogP contribution in [0.2, 0.25) is 0 Å². The highest BCUT2D eigenvalue weighted by Crippen LogP contribution is 2.12. The average Bonchev–Trinajstić information content (AvgIpc) is 2.59. The minimum atomic E-state index is 0. The van der Waals surface area contributed by atoms with Crippen LogP contribution in [0, 0.1) is 0 Å². The number of halogens is 1. The number of hydrogen-bond donors (Lipinski definition) is 2. The van der Waals surface area contributed by atoms with E-state index < -0.39 is 0 Å². The second kappa shape index (κ2) is 15.5. The molecule has 6 heteroatoms. The van der Waals surface area contributed by atoms with Crippen molar-refractivity contribution in [3.05, 3.63) is 30.3 Å². The Labute approximate surface area is 164 Å². The van der Waals surface area contributed by atoms with Gasteiger partial charge in [-0.2, -0.15) is 0 Å². The molecule has 5 nitrogen and oxygen atoms in total. The summed E-state index contributed by atoms with van der Waals surface area (Å²) < 4.78 is 5.33. The fourth-order valence-electron chi connectivity index (χ4n) is 2.29. The van der Waals surface area contributed by atoms with E-state index in [1.807, 2.05) is 6.92 Å². The van der Waals surface area contributed by atoms with Crippen LogP contribution >= 0.6 is 24.0 Å². The van der Waals surface area contributed by atoms with Gasteiger partial charge in [0.25, 0.3) is 0 Å². The van der Waals surface area contributed by atoms with Gasteiger partial charge in [-0.15, -0.1) is 24.0 Å². The van der Waals surface area contributed by atoms with Crippen molar-refractivity contribution in [2.75, 3.05) is 50.8 Å². The van der Waals surface area contributed by atoms with Crippen LogP contribution < -0.4 is 15.5 Å². The Bertz CT molecular complexity index is 428. The molecule has 0 aliphatic rings. The van der Waals surface area contributed by atoms with Gasteiger partial charge in [-0.3, -0.25) is 4.99 Å². The number of para-hydroxylation sites is 1. The first-order valence-corrected chi connectivity index (χ1v) is 8.71. The zero-order valence-electron chi connectivity index (χ0n) is 15.3. The van der Waals surface area contributed by atoms with E-state index in [2.05, 4.69) is 64.7 Å². The summed E-state index contributed by atoms with van der Waals surface area (Å²) in [5, 5.41) is 6.55. The zero-order chi connectivity index (χ0) is 16.8. The number of aliphatic imine (C=N–C) groups is 1. The first-order chi connectivity index (χ1) is 11.3. The van der Waals surface area contributed by atoms with Gasteiger partial charge < -0.3 is 20.3 Å². The van der Waals surface area contributed by atoms with E-state index in [0.29, 0.717) is 6.61 Å². The third kappa shape index (κ3) is 9.97. The molecule has 0 fully saturated rings. The van der Waals surface area contributed by atoms with Gasteiger partial charge in [0.1, 0.15) is 0 Å². The molecule has 0 aliphatic carbocycles. The van der Waals surface area contributed by atoms with Crippen molar-refractivity contribution in [2.24, 2.45) is 4.99 Å². The molecule has 1 rings (SSSR count). The van der Waals surface area contributed by atoms with Crippen LogP contribution in [0.15, 0.2) is 35.3 Å². The number of nitrogens with one attached hydrogen (secondary N) is 2. The fourth-order valence-corrected chi connectivity index (χ4v) is 2.29. The maximum atomic E-state index is 5.33. The molecule has 1 aromatic carbocycles. The van der Waals surface area contributed by atoms with Gasteiger partial charge in [-0.25, -0.2) is 0 Å². The number of nitrogens with zero attached hydrogens (tertiary/aromatic N) is 2. The lowest BCUT2D eigenvalue weighted by molar-refractivity contribution is 0.152. The van der Waals surface area contributed by atoms with Crippen LogP contribution in [-0.2, 0) is 4.74 Å². The quantitative estimate of drug-likeness (QED) is 0.237. The number of ether oxygens (including phenoxy) is 1. The van der Waals surface area contributed by atoms with Gasteiger partial charge in [0.15, 0.2) is 5.96 Å². The Morgan fingerprint density at radius 1 is 1.12 bits per heavy atom. The van der Waals surface area contributed by atoms with Crippen molar-refractivity contribution in [2.45, 2.75) is 27.2 Å². The molecule has 0 saturated carbocycles. The lowest BCUT2D eigenvalue weighted by Gasteiger charge is -2.22. The van der Waals surface area contributed by atoms with E-state index in [4.69, 9.17) is 4.74 Å². The SMILES string of the molecule is CCNC(=NCCCN(CC)c1ccccc1)NCCOCC.I. The molecule has 0 amide bonds. The van der Waals surface area contributed by atoms with E-state index in [9.17, 15) is 0 Å². The monoisotopic (exact) mass is 448 g/mol. The molecular weight excluding hydrogens is 415 g/mol. The fraction of sp³-hybridized carbons (Fsp3) is 0.611.